The van der Waals surface area contributed by atoms with Gasteiger partial charge in [-0.15, -0.1) is 0 Å². The quantitative estimate of drug-likeness (QED) is 0.527. The van der Waals surface area contributed by atoms with Crippen molar-refractivity contribution in [3.63, 3.8) is 0 Å². The topological polar surface area (TPSA) is 49.8 Å². The summed E-state index contributed by atoms with van der Waals surface area (Å²) >= 11 is 0. The average Bonchev–Trinajstić information content (AvgIpc) is 2.73. The van der Waals surface area contributed by atoms with Crippen LogP contribution >= 0.6 is 0 Å². The molecule has 0 spiro atoms. The Morgan fingerprint density at radius 1 is 1.06 bits per heavy atom. The summed E-state index contributed by atoms with van der Waals surface area (Å²) < 4.78 is 35.6. The van der Waals surface area contributed by atoms with Crippen LogP contribution in [-0.2, 0) is 4.79 Å². The molecule has 1 fully saturated rings. The molecule has 2 aromatic carbocycles. The van der Waals surface area contributed by atoms with E-state index in [4.69, 9.17) is 9.84 Å². The van der Waals surface area contributed by atoms with Crippen molar-refractivity contribution in [2.45, 2.75) is 59.0 Å². The van der Waals surface area contributed by atoms with Gasteiger partial charge in [-0.1, -0.05) is 32.9 Å². The molecule has 0 heterocycles. The number of benzene rings is 2. The lowest BCUT2D eigenvalue weighted by Gasteiger charge is -2.36. The van der Waals surface area contributed by atoms with Crippen molar-refractivity contribution in [2.24, 2.45) is 11.3 Å². The summed E-state index contributed by atoms with van der Waals surface area (Å²) in [7, 11) is 1.49. The van der Waals surface area contributed by atoms with Crippen LogP contribution in [0.2, 0.25) is 0 Å². The molecular formula is C26H33F2NO3. The van der Waals surface area contributed by atoms with E-state index in [1.54, 1.807) is 12.1 Å². The van der Waals surface area contributed by atoms with Crippen molar-refractivity contribution >= 4 is 11.7 Å². The number of halogens is 2. The van der Waals surface area contributed by atoms with Gasteiger partial charge in [0, 0.05) is 19.2 Å². The standard InChI is InChI=1S/C26H33F2NO3/c1-26(2,3)18-7-11-20(12-8-18)32-19-9-5-17(6-10-19)21-13-14-22(27)25(24(21)28)29(4)16-15-23(30)31/h5-6,9-10,13-14,18,20H,7-8,11-12,15-16H2,1-4H3,(H,30,31). The van der Waals surface area contributed by atoms with E-state index in [2.05, 4.69) is 20.8 Å². The van der Waals surface area contributed by atoms with Gasteiger partial charge < -0.3 is 14.7 Å². The lowest BCUT2D eigenvalue weighted by molar-refractivity contribution is -0.136. The highest BCUT2D eigenvalue weighted by molar-refractivity contribution is 5.71. The van der Waals surface area contributed by atoms with Crippen LogP contribution in [0.15, 0.2) is 36.4 Å². The molecule has 0 unspecified atom stereocenters. The first-order valence-electron chi connectivity index (χ1n) is 11.2. The molecule has 3 rings (SSSR count). The van der Waals surface area contributed by atoms with Crippen molar-refractivity contribution in [2.75, 3.05) is 18.5 Å². The van der Waals surface area contributed by atoms with Crippen LogP contribution in [0.25, 0.3) is 11.1 Å². The Hall–Kier alpha value is -2.63. The average molecular weight is 446 g/mol. The smallest absolute Gasteiger partial charge is 0.305 e. The zero-order valence-corrected chi connectivity index (χ0v) is 19.3. The third-order valence-corrected chi connectivity index (χ3v) is 6.48. The van der Waals surface area contributed by atoms with Gasteiger partial charge in [-0.2, -0.15) is 0 Å². The number of ether oxygens (including phenoxy) is 1. The number of hydrogen-bond acceptors (Lipinski definition) is 3. The Bertz CT molecular complexity index is 929. The molecule has 6 heteroatoms. The summed E-state index contributed by atoms with van der Waals surface area (Å²) in [5.74, 6) is -0.975. The maximum Gasteiger partial charge on any atom is 0.305 e. The molecule has 0 bridgehead atoms. The second-order valence-electron chi connectivity index (χ2n) is 9.80. The Morgan fingerprint density at radius 3 is 2.25 bits per heavy atom. The number of hydrogen-bond donors (Lipinski definition) is 1. The zero-order valence-electron chi connectivity index (χ0n) is 19.3. The van der Waals surface area contributed by atoms with Crippen molar-refractivity contribution in [1.29, 1.82) is 0 Å². The third kappa shape index (κ3) is 5.78. The molecule has 0 radical (unpaired) electrons. The molecule has 0 saturated heterocycles. The molecule has 1 N–H and O–H groups in total. The minimum absolute atomic E-state index is 0.0108. The monoisotopic (exact) mass is 445 g/mol. The number of nitrogens with zero attached hydrogens (tertiary/aromatic N) is 1. The van der Waals surface area contributed by atoms with Gasteiger partial charge >= 0.3 is 5.97 Å². The second kappa shape index (κ2) is 9.88. The van der Waals surface area contributed by atoms with E-state index in [1.165, 1.54) is 24.1 Å². The van der Waals surface area contributed by atoms with Gasteiger partial charge in [-0.3, -0.25) is 4.79 Å². The number of carboxylic acid groups (broad SMARTS) is 1. The molecule has 174 valence electrons. The van der Waals surface area contributed by atoms with Crippen LogP contribution in [0.1, 0.15) is 52.9 Å². The van der Waals surface area contributed by atoms with Crippen LogP contribution < -0.4 is 9.64 Å². The van der Waals surface area contributed by atoms with Crippen molar-refractivity contribution in [3.8, 4) is 16.9 Å². The fourth-order valence-corrected chi connectivity index (χ4v) is 4.44. The van der Waals surface area contributed by atoms with Gasteiger partial charge in [0.05, 0.1) is 12.5 Å². The molecule has 1 aliphatic carbocycles. The first-order valence-corrected chi connectivity index (χ1v) is 11.2. The number of rotatable bonds is 7. The van der Waals surface area contributed by atoms with E-state index in [9.17, 15) is 9.18 Å². The largest absolute Gasteiger partial charge is 0.490 e. The highest BCUT2D eigenvalue weighted by Crippen LogP contribution is 2.39. The molecule has 0 atom stereocenters. The SMILES string of the molecule is CN(CCC(=O)O)c1c(F)ccc(-c2ccc(OC3CCC(C(C)(C)C)CC3)cc2)c1F. The first-order chi connectivity index (χ1) is 15.1. The summed E-state index contributed by atoms with van der Waals surface area (Å²) in [5, 5.41) is 8.85. The fourth-order valence-electron chi connectivity index (χ4n) is 4.44. The zero-order chi connectivity index (χ0) is 23.5. The van der Waals surface area contributed by atoms with Gasteiger partial charge in [0.25, 0.3) is 0 Å². The van der Waals surface area contributed by atoms with Crippen LogP contribution in [-0.4, -0.2) is 30.8 Å². The van der Waals surface area contributed by atoms with E-state index in [-0.39, 0.29) is 30.3 Å². The number of carboxylic acids is 1. The maximum atomic E-state index is 15.1. The maximum absolute atomic E-state index is 15.1. The van der Waals surface area contributed by atoms with E-state index >= 15 is 4.39 Å². The third-order valence-electron chi connectivity index (χ3n) is 6.48. The molecule has 4 nitrogen and oxygen atoms in total. The van der Waals surface area contributed by atoms with Crippen molar-refractivity contribution in [1.82, 2.24) is 0 Å². The normalized spacial score (nSPS) is 18.9. The summed E-state index contributed by atoms with van der Waals surface area (Å²) in [6, 6.07) is 9.80. The summed E-state index contributed by atoms with van der Waals surface area (Å²) in [6.45, 7) is 6.89. The summed E-state index contributed by atoms with van der Waals surface area (Å²) in [6.07, 6.45) is 4.36. The number of aliphatic carboxylic acids is 1. The Balaban J connectivity index is 1.70. The molecule has 0 aromatic heterocycles. The van der Waals surface area contributed by atoms with E-state index in [0.717, 1.165) is 31.4 Å². The lowest BCUT2D eigenvalue weighted by Crippen LogP contribution is -2.30. The van der Waals surface area contributed by atoms with Gasteiger partial charge in [0.1, 0.15) is 17.3 Å². The molecule has 1 aliphatic rings. The molecule has 0 amide bonds. The van der Waals surface area contributed by atoms with Gasteiger partial charge in [0.2, 0.25) is 0 Å². The predicted molar refractivity (Wildman–Crippen MR) is 123 cm³/mol. The number of carbonyl (C=O) groups is 1. The lowest BCUT2D eigenvalue weighted by atomic mass is 9.72. The second-order valence-corrected chi connectivity index (χ2v) is 9.80. The van der Waals surface area contributed by atoms with Gasteiger partial charge in [-0.25, -0.2) is 8.78 Å². The van der Waals surface area contributed by atoms with E-state index in [1.807, 2.05) is 12.1 Å². The molecule has 32 heavy (non-hydrogen) atoms. The van der Waals surface area contributed by atoms with Crippen LogP contribution in [0.5, 0.6) is 5.75 Å². The van der Waals surface area contributed by atoms with Gasteiger partial charge in [-0.05, 0) is 66.8 Å². The Morgan fingerprint density at radius 2 is 1.69 bits per heavy atom. The predicted octanol–water partition coefficient (Wildman–Crippen LogP) is 6.53. The van der Waals surface area contributed by atoms with Crippen LogP contribution in [0.3, 0.4) is 0 Å². The molecule has 1 saturated carbocycles. The number of anilines is 1. The molecule has 0 aliphatic heterocycles. The van der Waals surface area contributed by atoms with Gasteiger partial charge in [0.15, 0.2) is 5.82 Å². The fraction of sp³-hybridized carbons (Fsp3) is 0.500. The highest BCUT2D eigenvalue weighted by Gasteiger charge is 2.30. The minimum Gasteiger partial charge on any atom is -0.490 e. The van der Waals surface area contributed by atoms with Crippen LogP contribution in [0.4, 0.5) is 14.5 Å². The Labute approximate surface area is 189 Å². The Kier molecular flexibility index (Phi) is 7.42. The summed E-state index contributed by atoms with van der Waals surface area (Å²) in [4.78, 5) is 12.1. The highest BCUT2D eigenvalue weighted by atomic mass is 19.1. The van der Waals surface area contributed by atoms with E-state index in [0.29, 0.717) is 16.9 Å². The summed E-state index contributed by atoms with van der Waals surface area (Å²) in [5.41, 5.74) is 0.978. The minimum atomic E-state index is -1.02. The van der Waals surface area contributed by atoms with Crippen molar-refractivity contribution < 1.29 is 23.4 Å². The van der Waals surface area contributed by atoms with E-state index < -0.39 is 17.6 Å². The molecular weight excluding hydrogens is 412 g/mol. The first kappa shape index (κ1) is 24.0. The van der Waals surface area contributed by atoms with Crippen molar-refractivity contribution in [3.05, 3.63) is 48.0 Å². The molecule has 2 aromatic rings. The van der Waals surface area contributed by atoms with Crippen LogP contribution in [0, 0.1) is 23.0 Å².